The Morgan fingerprint density at radius 3 is 2.85 bits per heavy atom. The predicted octanol–water partition coefficient (Wildman–Crippen LogP) is 3.36. The van der Waals surface area contributed by atoms with Gasteiger partial charge in [-0.1, -0.05) is 24.6 Å². The van der Waals surface area contributed by atoms with E-state index in [9.17, 15) is 4.79 Å². The molecule has 0 aliphatic heterocycles. The molecule has 1 aliphatic rings. The van der Waals surface area contributed by atoms with Crippen LogP contribution in [0.5, 0.6) is 0 Å². The Hall–Kier alpha value is -1.77. The second kappa shape index (κ2) is 5.70. The summed E-state index contributed by atoms with van der Waals surface area (Å²) in [6.07, 6.45) is 6.39. The number of hydrogen-bond donors (Lipinski definition) is 1. The van der Waals surface area contributed by atoms with Crippen molar-refractivity contribution in [3.63, 3.8) is 0 Å². The van der Waals surface area contributed by atoms with Gasteiger partial charge in [0.05, 0.1) is 6.42 Å². The van der Waals surface area contributed by atoms with Gasteiger partial charge in [0, 0.05) is 30.2 Å². The minimum atomic E-state index is 0.254. The number of nitrogens with zero attached hydrogens (tertiary/aromatic N) is 1. The third-order valence-corrected chi connectivity index (χ3v) is 4.45. The van der Waals surface area contributed by atoms with E-state index in [1.807, 2.05) is 23.2 Å². The molecular weight excluding hydrogens is 248 g/mol. The summed E-state index contributed by atoms with van der Waals surface area (Å²) in [5, 5.41) is 1.17. The van der Waals surface area contributed by atoms with Crippen molar-refractivity contribution in [2.24, 2.45) is 5.92 Å². The van der Waals surface area contributed by atoms with Crippen LogP contribution in [-0.4, -0.2) is 28.9 Å². The number of carbonyl (C=O) groups excluding carboxylic acids is 1. The van der Waals surface area contributed by atoms with E-state index in [-0.39, 0.29) is 5.91 Å². The molecule has 3 nitrogen and oxygen atoms in total. The van der Waals surface area contributed by atoms with Crippen molar-refractivity contribution in [1.82, 2.24) is 9.88 Å². The number of H-pyrrole nitrogens is 1. The number of nitrogens with one attached hydrogen (secondary N) is 1. The van der Waals surface area contributed by atoms with Crippen molar-refractivity contribution in [1.29, 1.82) is 0 Å². The lowest BCUT2D eigenvalue weighted by Gasteiger charge is -2.31. The number of benzene rings is 1. The van der Waals surface area contributed by atoms with E-state index in [4.69, 9.17) is 0 Å². The molecule has 1 N–H and O–H groups in total. The summed E-state index contributed by atoms with van der Waals surface area (Å²) in [7, 11) is 0. The van der Waals surface area contributed by atoms with Crippen LogP contribution in [0.4, 0.5) is 0 Å². The van der Waals surface area contributed by atoms with E-state index in [0.717, 1.165) is 30.1 Å². The molecule has 1 aromatic heterocycles. The molecule has 0 radical (unpaired) electrons. The number of rotatable bonds is 5. The molecule has 1 fully saturated rings. The van der Waals surface area contributed by atoms with Gasteiger partial charge in [-0.15, -0.1) is 0 Å². The zero-order chi connectivity index (χ0) is 13.9. The molecule has 20 heavy (non-hydrogen) atoms. The highest BCUT2D eigenvalue weighted by atomic mass is 16.2. The van der Waals surface area contributed by atoms with Gasteiger partial charge in [0.15, 0.2) is 0 Å². The summed E-state index contributed by atoms with van der Waals surface area (Å²) in [6, 6.07) is 8.17. The molecule has 1 amide bonds. The van der Waals surface area contributed by atoms with Gasteiger partial charge in [0.2, 0.25) is 5.91 Å². The van der Waals surface area contributed by atoms with Gasteiger partial charge in [-0.2, -0.15) is 0 Å². The number of aromatic amines is 1. The number of carbonyl (C=O) groups is 1. The maximum atomic E-state index is 12.5. The lowest BCUT2D eigenvalue weighted by Crippen LogP contribution is -2.38. The fraction of sp³-hybridized carbons (Fsp3) is 0.471. The number of likely N-dealkylation sites (N-methyl/N-ethyl adjacent to an activating group) is 1. The van der Waals surface area contributed by atoms with Crippen molar-refractivity contribution < 1.29 is 4.79 Å². The summed E-state index contributed by atoms with van der Waals surface area (Å²) >= 11 is 0. The van der Waals surface area contributed by atoms with Gasteiger partial charge in [0.25, 0.3) is 0 Å². The third-order valence-electron chi connectivity index (χ3n) is 4.45. The number of hydrogen-bond acceptors (Lipinski definition) is 1. The van der Waals surface area contributed by atoms with Crippen molar-refractivity contribution in [3.05, 3.63) is 36.0 Å². The largest absolute Gasteiger partial charge is 0.361 e. The lowest BCUT2D eigenvalue weighted by molar-refractivity contribution is -0.131. The van der Waals surface area contributed by atoms with E-state index in [2.05, 4.69) is 24.0 Å². The normalized spacial score (nSPS) is 15.2. The number of fused-ring (bicyclic) bond motifs is 1. The Labute approximate surface area is 120 Å². The third kappa shape index (κ3) is 2.58. The molecule has 3 heteroatoms. The topological polar surface area (TPSA) is 36.1 Å². The number of aromatic nitrogens is 1. The molecule has 0 spiro atoms. The van der Waals surface area contributed by atoms with Gasteiger partial charge < -0.3 is 9.88 Å². The van der Waals surface area contributed by atoms with Crippen LogP contribution in [0.2, 0.25) is 0 Å². The van der Waals surface area contributed by atoms with Gasteiger partial charge in [-0.25, -0.2) is 0 Å². The second-order valence-corrected chi connectivity index (χ2v) is 5.77. The van der Waals surface area contributed by atoms with Crippen LogP contribution in [0.1, 0.15) is 31.7 Å². The molecule has 106 valence electrons. The zero-order valence-electron chi connectivity index (χ0n) is 12.1. The van der Waals surface area contributed by atoms with Crippen LogP contribution < -0.4 is 0 Å². The molecule has 1 aromatic carbocycles. The first-order chi connectivity index (χ1) is 9.78. The maximum absolute atomic E-state index is 12.5. The summed E-state index contributed by atoms with van der Waals surface area (Å²) in [4.78, 5) is 17.7. The lowest BCUT2D eigenvalue weighted by atomic mass is 9.85. The van der Waals surface area contributed by atoms with E-state index in [1.165, 1.54) is 24.6 Å². The average molecular weight is 270 g/mol. The first kappa shape index (κ1) is 13.2. The van der Waals surface area contributed by atoms with Crippen LogP contribution in [0, 0.1) is 5.92 Å². The molecule has 1 aliphatic carbocycles. The summed E-state index contributed by atoms with van der Waals surface area (Å²) in [6.45, 7) is 3.83. The fourth-order valence-electron chi connectivity index (χ4n) is 2.95. The van der Waals surface area contributed by atoms with Crippen LogP contribution in [0.25, 0.3) is 10.9 Å². The van der Waals surface area contributed by atoms with E-state index in [0.29, 0.717) is 6.42 Å². The van der Waals surface area contributed by atoms with Crippen molar-refractivity contribution >= 4 is 16.8 Å². The number of amides is 1. The molecule has 0 atom stereocenters. The molecular formula is C17H22N2O. The molecule has 1 heterocycles. The second-order valence-electron chi connectivity index (χ2n) is 5.77. The highest BCUT2D eigenvalue weighted by Crippen LogP contribution is 2.27. The first-order valence-corrected chi connectivity index (χ1v) is 7.60. The van der Waals surface area contributed by atoms with Crippen LogP contribution in [-0.2, 0) is 11.2 Å². The summed E-state index contributed by atoms with van der Waals surface area (Å²) in [5.41, 5.74) is 2.22. The van der Waals surface area contributed by atoms with Gasteiger partial charge in [-0.05, 0) is 37.3 Å². The van der Waals surface area contributed by atoms with Crippen LogP contribution in [0.15, 0.2) is 30.5 Å². The van der Waals surface area contributed by atoms with E-state index in [1.54, 1.807) is 0 Å². The Kier molecular flexibility index (Phi) is 3.77. The highest BCUT2D eigenvalue weighted by molar-refractivity contribution is 5.88. The Balaban J connectivity index is 1.70. The zero-order valence-corrected chi connectivity index (χ0v) is 12.1. The van der Waals surface area contributed by atoms with E-state index < -0.39 is 0 Å². The van der Waals surface area contributed by atoms with Gasteiger partial charge >= 0.3 is 0 Å². The molecule has 0 unspecified atom stereocenters. The minimum Gasteiger partial charge on any atom is -0.361 e. The van der Waals surface area contributed by atoms with E-state index >= 15 is 0 Å². The standard InChI is InChI=1S/C17H22N2O/c1-2-19(12-13-6-5-7-13)17(20)10-14-11-18-16-9-4-3-8-15(14)16/h3-4,8-9,11,13,18H,2,5-7,10,12H2,1H3. The van der Waals surface area contributed by atoms with Crippen molar-refractivity contribution in [2.75, 3.05) is 13.1 Å². The molecule has 2 aromatic rings. The minimum absolute atomic E-state index is 0.254. The maximum Gasteiger partial charge on any atom is 0.227 e. The Morgan fingerprint density at radius 2 is 2.15 bits per heavy atom. The van der Waals surface area contributed by atoms with Gasteiger partial charge in [-0.3, -0.25) is 4.79 Å². The van der Waals surface area contributed by atoms with Crippen molar-refractivity contribution in [2.45, 2.75) is 32.6 Å². The number of para-hydroxylation sites is 1. The predicted molar refractivity (Wildman–Crippen MR) is 81.6 cm³/mol. The molecule has 3 rings (SSSR count). The average Bonchev–Trinajstić information content (AvgIpc) is 2.81. The fourth-order valence-corrected chi connectivity index (χ4v) is 2.95. The van der Waals surface area contributed by atoms with Crippen molar-refractivity contribution in [3.8, 4) is 0 Å². The SMILES string of the molecule is CCN(CC1CCC1)C(=O)Cc1c[nH]c2ccccc12. The molecule has 0 saturated heterocycles. The monoisotopic (exact) mass is 270 g/mol. The summed E-state index contributed by atoms with van der Waals surface area (Å²) < 4.78 is 0. The highest BCUT2D eigenvalue weighted by Gasteiger charge is 2.23. The molecule has 0 bridgehead atoms. The van der Waals surface area contributed by atoms with Gasteiger partial charge in [0.1, 0.15) is 0 Å². The van der Waals surface area contributed by atoms with Crippen LogP contribution in [0.3, 0.4) is 0 Å². The Bertz CT molecular complexity index is 598. The first-order valence-electron chi connectivity index (χ1n) is 7.60. The molecule has 1 saturated carbocycles. The Morgan fingerprint density at radius 1 is 1.35 bits per heavy atom. The smallest absolute Gasteiger partial charge is 0.227 e. The van der Waals surface area contributed by atoms with Crippen LogP contribution >= 0.6 is 0 Å². The summed E-state index contributed by atoms with van der Waals surface area (Å²) in [5.74, 6) is 0.992. The quantitative estimate of drug-likeness (QED) is 0.888.